The van der Waals surface area contributed by atoms with E-state index in [4.69, 9.17) is 14.0 Å². The summed E-state index contributed by atoms with van der Waals surface area (Å²) in [5.41, 5.74) is 1.29. The number of carbonyl (C=O) groups is 1. The first-order valence-corrected chi connectivity index (χ1v) is 7.82. The Kier molecular flexibility index (Phi) is 7.38. The summed E-state index contributed by atoms with van der Waals surface area (Å²) < 4.78 is 28.6. The second-order valence-electron chi connectivity index (χ2n) is 5.08. The normalized spacial score (nSPS) is 10.8. The second kappa shape index (κ2) is 9.79. The lowest BCUT2D eigenvalue weighted by Crippen LogP contribution is -2.29. The van der Waals surface area contributed by atoms with E-state index in [0.717, 1.165) is 12.0 Å². The summed E-state index contributed by atoms with van der Waals surface area (Å²) >= 11 is 0. The number of amides is 1. The number of hydrogen-bond donors (Lipinski definition) is 1. The number of aromatic nitrogens is 1. The Morgan fingerprint density at radius 1 is 1.29 bits per heavy atom. The molecule has 7 heteroatoms. The van der Waals surface area contributed by atoms with Gasteiger partial charge in [-0.15, -0.1) is 0 Å². The van der Waals surface area contributed by atoms with E-state index in [9.17, 15) is 9.18 Å². The summed E-state index contributed by atoms with van der Waals surface area (Å²) in [5, 5.41) is 6.61. The fourth-order valence-corrected chi connectivity index (χ4v) is 1.98. The molecule has 0 saturated heterocycles. The predicted molar refractivity (Wildman–Crippen MR) is 85.7 cm³/mol. The SMILES string of the molecule is CCOCCCNC(=O)COCc1cc(-c2ccc(F)cc2)on1. The molecule has 0 spiro atoms. The molecule has 0 aliphatic rings. The number of benzene rings is 1. The van der Waals surface area contributed by atoms with Crippen LogP contribution in [-0.4, -0.2) is 37.4 Å². The Bertz CT molecular complexity index is 628. The van der Waals surface area contributed by atoms with Crippen molar-refractivity contribution >= 4 is 5.91 Å². The van der Waals surface area contributed by atoms with Crippen molar-refractivity contribution in [3.8, 4) is 11.3 Å². The number of ether oxygens (including phenoxy) is 2. The topological polar surface area (TPSA) is 73.6 Å². The van der Waals surface area contributed by atoms with Crippen LogP contribution in [0.3, 0.4) is 0 Å². The Labute approximate surface area is 139 Å². The Morgan fingerprint density at radius 3 is 2.83 bits per heavy atom. The highest BCUT2D eigenvalue weighted by Crippen LogP contribution is 2.20. The van der Waals surface area contributed by atoms with Gasteiger partial charge in [0, 0.05) is 31.4 Å². The zero-order chi connectivity index (χ0) is 17.2. The van der Waals surface area contributed by atoms with Gasteiger partial charge < -0.3 is 19.3 Å². The quantitative estimate of drug-likeness (QED) is 0.675. The minimum Gasteiger partial charge on any atom is -0.382 e. The van der Waals surface area contributed by atoms with Crippen molar-refractivity contribution < 1.29 is 23.2 Å². The predicted octanol–water partition coefficient (Wildman–Crippen LogP) is 2.54. The molecule has 0 aliphatic carbocycles. The molecule has 2 rings (SSSR count). The highest BCUT2D eigenvalue weighted by atomic mass is 19.1. The molecule has 24 heavy (non-hydrogen) atoms. The van der Waals surface area contributed by atoms with Crippen LogP contribution in [0.15, 0.2) is 34.9 Å². The van der Waals surface area contributed by atoms with Crippen LogP contribution in [0.25, 0.3) is 11.3 Å². The van der Waals surface area contributed by atoms with Crippen molar-refractivity contribution in [1.82, 2.24) is 10.5 Å². The molecular formula is C17H21FN2O4. The van der Waals surface area contributed by atoms with Gasteiger partial charge in [0.25, 0.3) is 0 Å². The van der Waals surface area contributed by atoms with Crippen LogP contribution in [0.5, 0.6) is 0 Å². The minimum atomic E-state index is -0.311. The fourth-order valence-electron chi connectivity index (χ4n) is 1.98. The summed E-state index contributed by atoms with van der Waals surface area (Å²) in [7, 11) is 0. The van der Waals surface area contributed by atoms with E-state index in [1.807, 2.05) is 6.92 Å². The largest absolute Gasteiger partial charge is 0.382 e. The van der Waals surface area contributed by atoms with Gasteiger partial charge in [-0.05, 0) is 37.6 Å². The number of nitrogens with one attached hydrogen (secondary N) is 1. The summed E-state index contributed by atoms with van der Waals surface area (Å²) in [5.74, 6) is 0.0248. The maximum Gasteiger partial charge on any atom is 0.246 e. The van der Waals surface area contributed by atoms with E-state index < -0.39 is 0 Å². The lowest BCUT2D eigenvalue weighted by molar-refractivity contribution is -0.126. The van der Waals surface area contributed by atoms with E-state index in [-0.39, 0.29) is 24.9 Å². The molecule has 1 aromatic carbocycles. The summed E-state index contributed by atoms with van der Waals surface area (Å²) in [6.07, 6.45) is 0.768. The van der Waals surface area contributed by atoms with Gasteiger partial charge in [0.1, 0.15) is 18.1 Å². The summed E-state index contributed by atoms with van der Waals surface area (Å²) in [6.45, 7) is 3.90. The third-order valence-corrected chi connectivity index (χ3v) is 3.16. The smallest absolute Gasteiger partial charge is 0.246 e. The van der Waals surface area contributed by atoms with Crippen LogP contribution in [0, 0.1) is 5.82 Å². The van der Waals surface area contributed by atoms with Crippen LogP contribution in [0.1, 0.15) is 19.0 Å². The van der Waals surface area contributed by atoms with E-state index in [2.05, 4.69) is 10.5 Å². The van der Waals surface area contributed by atoms with Crippen LogP contribution < -0.4 is 5.32 Å². The second-order valence-corrected chi connectivity index (χ2v) is 5.08. The third kappa shape index (κ3) is 6.10. The molecule has 2 aromatic rings. The fraction of sp³-hybridized carbons (Fsp3) is 0.412. The van der Waals surface area contributed by atoms with Gasteiger partial charge in [-0.1, -0.05) is 5.16 Å². The summed E-state index contributed by atoms with van der Waals surface area (Å²) in [4.78, 5) is 11.6. The molecule has 0 atom stereocenters. The number of halogens is 1. The van der Waals surface area contributed by atoms with Gasteiger partial charge in [-0.2, -0.15) is 0 Å². The molecule has 0 fully saturated rings. The van der Waals surface area contributed by atoms with Crippen molar-refractivity contribution in [1.29, 1.82) is 0 Å². The first-order chi connectivity index (χ1) is 11.7. The Balaban J connectivity index is 1.68. The van der Waals surface area contributed by atoms with Gasteiger partial charge >= 0.3 is 0 Å². The number of nitrogens with zero attached hydrogens (tertiary/aromatic N) is 1. The van der Waals surface area contributed by atoms with E-state index in [0.29, 0.717) is 31.2 Å². The van der Waals surface area contributed by atoms with Gasteiger partial charge in [0.15, 0.2) is 5.76 Å². The molecular weight excluding hydrogens is 315 g/mol. The molecule has 0 unspecified atom stereocenters. The molecule has 0 radical (unpaired) electrons. The molecule has 1 N–H and O–H groups in total. The Hall–Kier alpha value is -2.25. The van der Waals surface area contributed by atoms with Crippen molar-refractivity contribution in [2.24, 2.45) is 0 Å². The third-order valence-electron chi connectivity index (χ3n) is 3.16. The Morgan fingerprint density at radius 2 is 2.08 bits per heavy atom. The highest BCUT2D eigenvalue weighted by molar-refractivity contribution is 5.77. The zero-order valence-electron chi connectivity index (χ0n) is 13.6. The van der Waals surface area contributed by atoms with Crippen molar-refractivity contribution in [3.63, 3.8) is 0 Å². The van der Waals surface area contributed by atoms with E-state index in [1.165, 1.54) is 12.1 Å². The van der Waals surface area contributed by atoms with Gasteiger partial charge in [-0.25, -0.2) is 4.39 Å². The van der Waals surface area contributed by atoms with Crippen LogP contribution in [0.4, 0.5) is 4.39 Å². The van der Waals surface area contributed by atoms with Crippen LogP contribution >= 0.6 is 0 Å². The number of rotatable bonds is 10. The first-order valence-electron chi connectivity index (χ1n) is 7.82. The molecule has 0 bridgehead atoms. The molecule has 1 aromatic heterocycles. The van der Waals surface area contributed by atoms with E-state index >= 15 is 0 Å². The van der Waals surface area contributed by atoms with Crippen molar-refractivity contribution in [3.05, 3.63) is 41.8 Å². The average Bonchev–Trinajstić information content (AvgIpc) is 3.04. The van der Waals surface area contributed by atoms with Crippen molar-refractivity contribution in [2.75, 3.05) is 26.4 Å². The average molecular weight is 336 g/mol. The minimum absolute atomic E-state index is 0.0482. The molecule has 1 heterocycles. The number of hydrogen-bond acceptors (Lipinski definition) is 5. The zero-order valence-corrected chi connectivity index (χ0v) is 13.6. The van der Waals surface area contributed by atoms with Crippen LogP contribution in [-0.2, 0) is 20.9 Å². The van der Waals surface area contributed by atoms with Gasteiger partial charge in [-0.3, -0.25) is 4.79 Å². The molecule has 0 aliphatic heterocycles. The lowest BCUT2D eigenvalue weighted by Gasteiger charge is -2.05. The summed E-state index contributed by atoms with van der Waals surface area (Å²) in [6, 6.07) is 7.62. The van der Waals surface area contributed by atoms with Crippen LogP contribution in [0.2, 0.25) is 0 Å². The maximum absolute atomic E-state index is 12.9. The molecule has 1 amide bonds. The van der Waals surface area contributed by atoms with Gasteiger partial charge in [0.2, 0.25) is 5.91 Å². The lowest BCUT2D eigenvalue weighted by atomic mass is 10.1. The molecule has 130 valence electrons. The van der Waals surface area contributed by atoms with Crippen molar-refractivity contribution in [2.45, 2.75) is 20.0 Å². The van der Waals surface area contributed by atoms with Gasteiger partial charge in [0.05, 0.1) is 6.61 Å². The molecule has 6 nitrogen and oxygen atoms in total. The number of carbonyl (C=O) groups excluding carboxylic acids is 1. The standard InChI is InChI=1S/C17H21FN2O4/c1-2-22-9-3-8-19-17(21)12-23-11-15-10-16(24-20-15)13-4-6-14(18)7-5-13/h4-7,10H,2-3,8-9,11-12H2,1H3,(H,19,21). The maximum atomic E-state index is 12.9. The first kappa shape index (κ1) is 18.1. The van der Waals surface area contributed by atoms with E-state index in [1.54, 1.807) is 18.2 Å². The monoisotopic (exact) mass is 336 g/mol. The highest BCUT2D eigenvalue weighted by Gasteiger charge is 2.08. The molecule has 0 saturated carbocycles.